The predicted molar refractivity (Wildman–Crippen MR) is 83.4 cm³/mol. The van der Waals surface area contributed by atoms with E-state index in [1.807, 2.05) is 0 Å². The summed E-state index contributed by atoms with van der Waals surface area (Å²) < 4.78 is 23.4. The van der Waals surface area contributed by atoms with Crippen molar-refractivity contribution in [2.75, 3.05) is 17.3 Å². The molecular formula is C14H13ClN2O3S. The van der Waals surface area contributed by atoms with Crippen LogP contribution in [0.15, 0.2) is 47.4 Å². The predicted octanol–water partition coefficient (Wildman–Crippen LogP) is 2.58. The van der Waals surface area contributed by atoms with E-state index < -0.39 is 15.7 Å². The molecule has 3 N–H and O–H groups in total. The number of carbonyl (C=O) groups is 1. The van der Waals surface area contributed by atoms with Crippen molar-refractivity contribution in [2.45, 2.75) is 4.90 Å². The smallest absolute Gasteiger partial charge is 0.257 e. The van der Waals surface area contributed by atoms with Crippen molar-refractivity contribution in [2.24, 2.45) is 0 Å². The van der Waals surface area contributed by atoms with E-state index in [9.17, 15) is 13.2 Å². The van der Waals surface area contributed by atoms with E-state index in [0.717, 1.165) is 6.26 Å². The summed E-state index contributed by atoms with van der Waals surface area (Å²) in [5.41, 5.74) is 6.39. The van der Waals surface area contributed by atoms with Gasteiger partial charge >= 0.3 is 0 Å². The molecule has 0 saturated carbocycles. The van der Waals surface area contributed by atoms with Crippen LogP contribution in [0.2, 0.25) is 5.02 Å². The second kappa shape index (κ2) is 5.75. The maximum Gasteiger partial charge on any atom is 0.257 e. The molecule has 0 saturated heterocycles. The lowest BCUT2D eigenvalue weighted by Crippen LogP contribution is -2.15. The Balaban J connectivity index is 2.39. The number of hydrogen-bond donors (Lipinski definition) is 2. The van der Waals surface area contributed by atoms with Crippen LogP contribution in [0.1, 0.15) is 10.4 Å². The molecule has 0 unspecified atom stereocenters. The van der Waals surface area contributed by atoms with Gasteiger partial charge in [0.1, 0.15) is 0 Å². The lowest BCUT2D eigenvalue weighted by molar-refractivity contribution is 0.102. The van der Waals surface area contributed by atoms with Gasteiger partial charge in [-0.3, -0.25) is 4.79 Å². The Labute approximate surface area is 127 Å². The summed E-state index contributed by atoms with van der Waals surface area (Å²) in [7, 11) is -3.45. The van der Waals surface area contributed by atoms with Gasteiger partial charge in [-0.25, -0.2) is 8.42 Å². The van der Waals surface area contributed by atoms with Gasteiger partial charge in [-0.15, -0.1) is 0 Å². The minimum Gasteiger partial charge on any atom is -0.399 e. The monoisotopic (exact) mass is 324 g/mol. The molecule has 0 aliphatic heterocycles. The third kappa shape index (κ3) is 3.53. The third-order valence-corrected chi connectivity index (χ3v) is 4.25. The van der Waals surface area contributed by atoms with Crippen molar-refractivity contribution in [3.63, 3.8) is 0 Å². The highest BCUT2D eigenvalue weighted by Crippen LogP contribution is 2.24. The number of para-hydroxylation sites is 1. The largest absolute Gasteiger partial charge is 0.399 e. The molecule has 2 aromatic rings. The van der Waals surface area contributed by atoms with Crippen LogP contribution in [0, 0.1) is 0 Å². The van der Waals surface area contributed by atoms with Crippen molar-refractivity contribution < 1.29 is 13.2 Å². The Morgan fingerprint density at radius 3 is 2.52 bits per heavy atom. The average molecular weight is 325 g/mol. The molecule has 2 aromatic carbocycles. The Morgan fingerprint density at radius 2 is 1.86 bits per heavy atom. The molecule has 7 heteroatoms. The number of anilines is 2. The fourth-order valence-corrected chi connectivity index (χ4v) is 2.85. The van der Waals surface area contributed by atoms with E-state index in [2.05, 4.69) is 5.32 Å². The molecule has 0 spiro atoms. The minimum absolute atomic E-state index is 0.0402. The van der Waals surface area contributed by atoms with Crippen LogP contribution in [-0.4, -0.2) is 20.6 Å². The molecule has 1 amide bonds. The molecule has 110 valence electrons. The first-order valence-corrected chi connectivity index (χ1v) is 8.21. The van der Waals surface area contributed by atoms with Crippen LogP contribution in [0.5, 0.6) is 0 Å². The zero-order valence-corrected chi connectivity index (χ0v) is 12.7. The quantitative estimate of drug-likeness (QED) is 0.849. The number of amides is 1. The first-order chi connectivity index (χ1) is 9.79. The highest BCUT2D eigenvalue weighted by molar-refractivity contribution is 7.90. The number of nitrogens with two attached hydrogens (primary N) is 1. The number of rotatable bonds is 3. The van der Waals surface area contributed by atoms with Crippen LogP contribution in [0.3, 0.4) is 0 Å². The number of benzene rings is 2. The molecular weight excluding hydrogens is 312 g/mol. The molecule has 0 radical (unpaired) electrons. The molecule has 0 aromatic heterocycles. The van der Waals surface area contributed by atoms with Crippen LogP contribution in [0.25, 0.3) is 0 Å². The van der Waals surface area contributed by atoms with Gasteiger partial charge < -0.3 is 11.1 Å². The Hall–Kier alpha value is -2.05. The fourth-order valence-electron chi connectivity index (χ4n) is 1.80. The summed E-state index contributed by atoms with van der Waals surface area (Å²) in [5.74, 6) is -0.525. The zero-order valence-electron chi connectivity index (χ0n) is 11.1. The SMILES string of the molecule is CS(=O)(=O)c1ccccc1NC(=O)c1cc(N)ccc1Cl. The molecule has 0 bridgehead atoms. The first-order valence-electron chi connectivity index (χ1n) is 5.94. The molecule has 0 atom stereocenters. The van der Waals surface area contributed by atoms with Gasteiger partial charge in [-0.2, -0.15) is 0 Å². The highest BCUT2D eigenvalue weighted by atomic mass is 35.5. The summed E-state index contributed by atoms with van der Waals surface area (Å²) in [6.07, 6.45) is 1.07. The maximum atomic E-state index is 12.2. The summed E-state index contributed by atoms with van der Waals surface area (Å²) in [4.78, 5) is 12.3. The maximum absolute atomic E-state index is 12.2. The molecule has 2 rings (SSSR count). The number of nitrogens with one attached hydrogen (secondary N) is 1. The number of nitrogen functional groups attached to an aromatic ring is 1. The van der Waals surface area contributed by atoms with Gasteiger partial charge in [0.15, 0.2) is 9.84 Å². The molecule has 0 aliphatic rings. The number of sulfone groups is 1. The zero-order chi connectivity index (χ0) is 15.6. The van der Waals surface area contributed by atoms with Gasteiger partial charge in [-0.1, -0.05) is 23.7 Å². The minimum atomic E-state index is -3.45. The van der Waals surface area contributed by atoms with Crippen LogP contribution < -0.4 is 11.1 Å². The number of halogens is 1. The van der Waals surface area contributed by atoms with Gasteiger partial charge in [0.25, 0.3) is 5.91 Å². The van der Waals surface area contributed by atoms with E-state index in [0.29, 0.717) is 5.69 Å². The van der Waals surface area contributed by atoms with Crippen LogP contribution in [0.4, 0.5) is 11.4 Å². The summed E-state index contributed by atoms with van der Waals surface area (Å²) in [6, 6.07) is 10.7. The molecule has 0 fully saturated rings. The third-order valence-electron chi connectivity index (χ3n) is 2.77. The van der Waals surface area contributed by atoms with Crippen molar-refractivity contribution in [3.05, 3.63) is 53.1 Å². The van der Waals surface area contributed by atoms with E-state index in [1.54, 1.807) is 18.2 Å². The summed E-state index contributed by atoms with van der Waals surface area (Å²) in [5, 5.41) is 2.78. The van der Waals surface area contributed by atoms with E-state index in [-0.39, 0.29) is 21.2 Å². The van der Waals surface area contributed by atoms with Gasteiger partial charge in [0, 0.05) is 11.9 Å². The molecule has 21 heavy (non-hydrogen) atoms. The standard InChI is InChI=1S/C14H13ClN2O3S/c1-21(19,20)13-5-3-2-4-12(13)17-14(18)10-8-9(16)6-7-11(10)15/h2-8H,16H2,1H3,(H,17,18). The Morgan fingerprint density at radius 1 is 1.19 bits per heavy atom. The average Bonchev–Trinajstić information content (AvgIpc) is 2.41. The highest BCUT2D eigenvalue weighted by Gasteiger charge is 2.17. The number of hydrogen-bond acceptors (Lipinski definition) is 4. The van der Waals surface area contributed by atoms with Gasteiger partial charge in [0.2, 0.25) is 0 Å². The van der Waals surface area contributed by atoms with Crippen LogP contribution >= 0.6 is 11.6 Å². The summed E-state index contributed by atoms with van der Waals surface area (Å²) in [6.45, 7) is 0. The molecule has 0 aliphatic carbocycles. The Kier molecular flexibility index (Phi) is 4.20. The second-order valence-corrected chi connectivity index (χ2v) is 6.85. The fraction of sp³-hybridized carbons (Fsp3) is 0.0714. The van der Waals surface area contributed by atoms with Crippen molar-refractivity contribution in [3.8, 4) is 0 Å². The summed E-state index contributed by atoms with van der Waals surface area (Å²) >= 11 is 5.95. The van der Waals surface area contributed by atoms with Crippen molar-refractivity contribution in [1.29, 1.82) is 0 Å². The lowest BCUT2D eigenvalue weighted by atomic mass is 10.2. The van der Waals surface area contributed by atoms with Crippen LogP contribution in [-0.2, 0) is 9.84 Å². The van der Waals surface area contributed by atoms with Crippen molar-refractivity contribution >= 4 is 38.7 Å². The Bertz CT molecular complexity index is 804. The van der Waals surface area contributed by atoms with E-state index in [4.69, 9.17) is 17.3 Å². The lowest BCUT2D eigenvalue weighted by Gasteiger charge is -2.11. The number of carbonyl (C=O) groups excluding carboxylic acids is 1. The van der Waals surface area contributed by atoms with Crippen molar-refractivity contribution in [1.82, 2.24) is 0 Å². The van der Waals surface area contributed by atoms with Gasteiger partial charge in [-0.05, 0) is 30.3 Å². The van der Waals surface area contributed by atoms with Gasteiger partial charge in [0.05, 0.1) is 21.2 Å². The molecule has 5 nitrogen and oxygen atoms in total. The normalized spacial score (nSPS) is 11.1. The second-order valence-electron chi connectivity index (χ2n) is 4.46. The molecule has 0 heterocycles. The topological polar surface area (TPSA) is 89.3 Å². The van der Waals surface area contributed by atoms with E-state index >= 15 is 0 Å². The van der Waals surface area contributed by atoms with E-state index in [1.165, 1.54) is 24.3 Å². The first kappa shape index (κ1) is 15.3.